The summed E-state index contributed by atoms with van der Waals surface area (Å²) in [5.74, 6) is 1.05. The molecule has 0 aliphatic carbocycles. The second-order valence-corrected chi connectivity index (χ2v) is 6.56. The van der Waals surface area contributed by atoms with Crippen LogP contribution in [0.2, 0.25) is 0 Å². The molecule has 0 aliphatic rings. The molecule has 3 rings (SSSR count). The van der Waals surface area contributed by atoms with Crippen LogP contribution in [0.5, 0.6) is 11.5 Å². The zero-order valence-corrected chi connectivity index (χ0v) is 15.7. The molecule has 26 heavy (non-hydrogen) atoms. The first-order valence-electron chi connectivity index (χ1n) is 7.73. The van der Waals surface area contributed by atoms with Crippen molar-refractivity contribution in [2.45, 2.75) is 19.1 Å². The van der Waals surface area contributed by atoms with E-state index in [4.69, 9.17) is 9.47 Å². The van der Waals surface area contributed by atoms with Gasteiger partial charge in [0.05, 0.1) is 19.7 Å². The lowest BCUT2D eigenvalue weighted by Gasteiger charge is -2.12. The first-order valence-corrected chi connectivity index (χ1v) is 8.53. The molecule has 0 bridgehead atoms. The molecule has 2 aromatic carbocycles. The molecule has 8 heteroatoms. The van der Waals surface area contributed by atoms with Crippen LogP contribution in [0.1, 0.15) is 11.4 Å². The Morgan fingerprint density at radius 3 is 2.31 bits per heavy atom. The number of aromatic nitrogens is 2. The third-order valence-electron chi connectivity index (χ3n) is 3.97. The van der Waals surface area contributed by atoms with Crippen molar-refractivity contribution < 1.29 is 22.6 Å². The lowest BCUT2D eigenvalue weighted by atomic mass is 10.2. The Bertz CT molecular complexity index is 921. The van der Waals surface area contributed by atoms with Gasteiger partial charge >= 0.3 is 6.18 Å². The molecule has 0 saturated carbocycles. The first kappa shape index (κ1) is 18.6. The summed E-state index contributed by atoms with van der Waals surface area (Å²) in [5, 5.41) is 0. The number of methoxy groups -OCH3 is 2. The standard InChI is InChI=1S/C18H16BrF3N2O2/c1-25-12-5-3-11(4-6-12)10-24-15(9-18(20,21)22)23-16-14(26-2)8-7-13(19)17(16)24/h3-8H,9-10H2,1-2H3. The van der Waals surface area contributed by atoms with E-state index in [9.17, 15) is 13.2 Å². The minimum Gasteiger partial charge on any atom is -0.497 e. The van der Waals surface area contributed by atoms with Crippen LogP contribution >= 0.6 is 15.9 Å². The molecule has 0 saturated heterocycles. The molecule has 0 amide bonds. The van der Waals surface area contributed by atoms with Gasteiger partial charge in [-0.3, -0.25) is 0 Å². The lowest BCUT2D eigenvalue weighted by Crippen LogP contribution is -2.16. The zero-order chi connectivity index (χ0) is 18.9. The van der Waals surface area contributed by atoms with Crippen molar-refractivity contribution in [3.8, 4) is 11.5 Å². The van der Waals surface area contributed by atoms with E-state index in [1.165, 1.54) is 7.11 Å². The minimum atomic E-state index is -4.36. The van der Waals surface area contributed by atoms with Gasteiger partial charge in [-0.05, 0) is 45.8 Å². The summed E-state index contributed by atoms with van der Waals surface area (Å²) in [6, 6.07) is 10.6. The van der Waals surface area contributed by atoms with E-state index in [2.05, 4.69) is 20.9 Å². The molecule has 138 valence electrons. The third-order valence-corrected chi connectivity index (χ3v) is 4.61. The quantitative estimate of drug-likeness (QED) is 0.575. The van der Waals surface area contributed by atoms with Crippen LogP contribution < -0.4 is 9.47 Å². The van der Waals surface area contributed by atoms with Gasteiger partial charge in [0.1, 0.15) is 29.3 Å². The molecule has 0 atom stereocenters. The van der Waals surface area contributed by atoms with Crippen molar-refractivity contribution in [2.24, 2.45) is 0 Å². The highest BCUT2D eigenvalue weighted by Crippen LogP contribution is 2.34. The van der Waals surface area contributed by atoms with E-state index in [0.717, 1.165) is 5.56 Å². The molecule has 1 heterocycles. The largest absolute Gasteiger partial charge is 0.497 e. The first-order chi connectivity index (χ1) is 12.3. The number of fused-ring (bicyclic) bond motifs is 1. The molecule has 4 nitrogen and oxygen atoms in total. The fraction of sp³-hybridized carbons (Fsp3) is 0.278. The molecule has 0 radical (unpaired) electrons. The summed E-state index contributed by atoms with van der Waals surface area (Å²) >= 11 is 3.42. The van der Waals surface area contributed by atoms with Crippen molar-refractivity contribution in [3.05, 3.63) is 52.3 Å². The number of halogens is 4. The fourth-order valence-corrected chi connectivity index (χ4v) is 3.32. The molecule has 1 aromatic heterocycles. The molecule has 0 N–H and O–H groups in total. The van der Waals surface area contributed by atoms with Crippen molar-refractivity contribution in [2.75, 3.05) is 14.2 Å². The summed E-state index contributed by atoms with van der Waals surface area (Å²) in [6.45, 7) is 0.248. The van der Waals surface area contributed by atoms with Crippen LogP contribution in [0.3, 0.4) is 0 Å². The van der Waals surface area contributed by atoms with Crippen molar-refractivity contribution in [1.29, 1.82) is 0 Å². The Labute approximate surface area is 156 Å². The molecule has 0 aliphatic heterocycles. The molecule has 3 aromatic rings. The van der Waals surface area contributed by atoms with Crippen LogP contribution in [-0.2, 0) is 13.0 Å². The number of hydrogen-bond donors (Lipinski definition) is 0. The smallest absolute Gasteiger partial charge is 0.396 e. The summed E-state index contributed by atoms with van der Waals surface area (Å²) < 4.78 is 51.8. The Morgan fingerprint density at radius 2 is 1.73 bits per heavy atom. The monoisotopic (exact) mass is 428 g/mol. The van der Waals surface area contributed by atoms with Crippen molar-refractivity contribution in [3.63, 3.8) is 0 Å². The van der Waals surface area contributed by atoms with Crippen LogP contribution in [0, 0.1) is 0 Å². The van der Waals surface area contributed by atoms with Gasteiger partial charge in [-0.15, -0.1) is 0 Å². The van der Waals surface area contributed by atoms with Gasteiger partial charge in [0.25, 0.3) is 0 Å². The maximum Gasteiger partial charge on any atom is 0.396 e. The molecular formula is C18H16BrF3N2O2. The third kappa shape index (κ3) is 3.80. The average Bonchev–Trinajstić information content (AvgIpc) is 2.93. The second-order valence-electron chi connectivity index (χ2n) is 5.70. The summed E-state index contributed by atoms with van der Waals surface area (Å²) in [5.41, 5.74) is 1.80. The van der Waals surface area contributed by atoms with Gasteiger partial charge in [0.2, 0.25) is 0 Å². The van der Waals surface area contributed by atoms with E-state index in [1.54, 1.807) is 35.9 Å². The highest BCUT2D eigenvalue weighted by atomic mass is 79.9. The Balaban J connectivity index is 2.14. The topological polar surface area (TPSA) is 36.3 Å². The van der Waals surface area contributed by atoms with Gasteiger partial charge in [-0.25, -0.2) is 4.98 Å². The number of imidazole rings is 1. The van der Waals surface area contributed by atoms with Crippen LogP contribution in [0.4, 0.5) is 13.2 Å². The number of rotatable bonds is 5. The fourth-order valence-electron chi connectivity index (χ4n) is 2.78. The van der Waals surface area contributed by atoms with E-state index >= 15 is 0 Å². The number of ether oxygens (including phenoxy) is 2. The van der Waals surface area contributed by atoms with Crippen molar-refractivity contribution >= 4 is 27.0 Å². The van der Waals surface area contributed by atoms with Gasteiger partial charge < -0.3 is 14.0 Å². The SMILES string of the molecule is COc1ccc(Cn2c(CC(F)(F)F)nc3c(OC)ccc(Br)c32)cc1. The van der Waals surface area contributed by atoms with E-state index in [-0.39, 0.29) is 12.4 Å². The van der Waals surface area contributed by atoms with Gasteiger partial charge in [0, 0.05) is 11.0 Å². The maximum atomic E-state index is 13.1. The second kappa shape index (κ2) is 7.19. The number of nitrogens with zero attached hydrogens (tertiary/aromatic N) is 2. The number of benzene rings is 2. The Kier molecular flexibility index (Phi) is 5.13. The molecule has 0 spiro atoms. The highest BCUT2D eigenvalue weighted by molar-refractivity contribution is 9.10. The van der Waals surface area contributed by atoms with E-state index in [0.29, 0.717) is 27.0 Å². The summed E-state index contributed by atoms with van der Waals surface area (Å²) in [6.07, 6.45) is -5.48. The highest BCUT2D eigenvalue weighted by Gasteiger charge is 2.32. The van der Waals surface area contributed by atoms with Crippen LogP contribution in [0.25, 0.3) is 11.0 Å². The van der Waals surface area contributed by atoms with Gasteiger partial charge in [0.15, 0.2) is 0 Å². The van der Waals surface area contributed by atoms with E-state index in [1.807, 2.05) is 12.1 Å². The van der Waals surface area contributed by atoms with Gasteiger partial charge in [-0.1, -0.05) is 12.1 Å². The predicted molar refractivity (Wildman–Crippen MR) is 95.8 cm³/mol. The maximum absolute atomic E-state index is 13.1. The average molecular weight is 429 g/mol. The summed E-state index contributed by atoms with van der Waals surface area (Å²) in [4.78, 5) is 4.22. The molecular weight excluding hydrogens is 413 g/mol. The lowest BCUT2D eigenvalue weighted by molar-refractivity contribution is -0.128. The van der Waals surface area contributed by atoms with Crippen LogP contribution in [-0.4, -0.2) is 29.9 Å². The molecule has 0 fully saturated rings. The van der Waals surface area contributed by atoms with Crippen LogP contribution in [0.15, 0.2) is 40.9 Å². The zero-order valence-electron chi connectivity index (χ0n) is 14.1. The van der Waals surface area contributed by atoms with Gasteiger partial charge in [-0.2, -0.15) is 13.2 Å². The summed E-state index contributed by atoms with van der Waals surface area (Å²) in [7, 11) is 3.03. The molecule has 0 unspecified atom stereocenters. The predicted octanol–water partition coefficient (Wildman–Crippen LogP) is 4.97. The Hall–Kier alpha value is -2.22. The Morgan fingerprint density at radius 1 is 1.04 bits per heavy atom. The number of alkyl halides is 3. The number of hydrogen-bond acceptors (Lipinski definition) is 3. The van der Waals surface area contributed by atoms with Crippen molar-refractivity contribution in [1.82, 2.24) is 9.55 Å². The minimum absolute atomic E-state index is 0.0616. The normalized spacial score (nSPS) is 11.8. The van der Waals surface area contributed by atoms with E-state index < -0.39 is 12.6 Å².